The summed E-state index contributed by atoms with van der Waals surface area (Å²) in [6.07, 6.45) is 1.76. The first-order valence-corrected chi connectivity index (χ1v) is 11.5. The molecule has 7 heteroatoms. The van der Waals surface area contributed by atoms with Crippen molar-refractivity contribution in [2.45, 2.75) is 19.8 Å². The zero-order valence-electron chi connectivity index (χ0n) is 16.8. The number of unbranched alkanes of at least 4 members (excludes halogenated alkanes) is 1. The van der Waals surface area contributed by atoms with Crippen LogP contribution >= 0.6 is 31.9 Å². The summed E-state index contributed by atoms with van der Waals surface area (Å²) in [5.74, 6) is 0.146. The second kappa shape index (κ2) is 8.85. The Hall–Kier alpha value is -2.64. The summed E-state index contributed by atoms with van der Waals surface area (Å²) in [4.78, 5) is 12.9. The average Bonchev–Trinajstić information content (AvgIpc) is 2.78. The second-order valence-corrected chi connectivity index (χ2v) is 8.75. The van der Waals surface area contributed by atoms with E-state index >= 15 is 0 Å². The molecule has 4 rings (SSSR count). The predicted octanol–water partition coefficient (Wildman–Crippen LogP) is 6.75. The predicted molar refractivity (Wildman–Crippen MR) is 129 cm³/mol. The summed E-state index contributed by atoms with van der Waals surface area (Å²) in [7, 11) is 0. The molecule has 5 nitrogen and oxygen atoms in total. The van der Waals surface area contributed by atoms with Gasteiger partial charge in [-0.15, -0.1) is 0 Å². The Balaban J connectivity index is 2.06. The number of ether oxygens (including phenoxy) is 1. The van der Waals surface area contributed by atoms with Crippen LogP contribution < -0.4 is 11.1 Å². The number of esters is 1. The van der Waals surface area contributed by atoms with Gasteiger partial charge in [-0.1, -0.05) is 31.5 Å². The van der Waals surface area contributed by atoms with Gasteiger partial charge < -0.3 is 14.9 Å². The molecule has 1 aliphatic carbocycles. The van der Waals surface area contributed by atoms with Crippen LogP contribution in [0.3, 0.4) is 0 Å². The lowest BCUT2D eigenvalue weighted by Gasteiger charge is -2.19. The van der Waals surface area contributed by atoms with Crippen LogP contribution in [0.15, 0.2) is 61.9 Å². The number of halogens is 2. The first-order valence-electron chi connectivity index (χ1n) is 9.88. The molecule has 31 heavy (non-hydrogen) atoms. The summed E-state index contributed by atoms with van der Waals surface area (Å²) >= 11 is 7.02. The van der Waals surface area contributed by atoms with Gasteiger partial charge in [-0.25, -0.2) is 4.79 Å². The van der Waals surface area contributed by atoms with Crippen LogP contribution in [0.1, 0.15) is 30.1 Å². The van der Waals surface area contributed by atoms with Crippen LogP contribution in [0.4, 0.5) is 5.69 Å². The highest BCUT2D eigenvalue weighted by Gasteiger charge is 2.25. The van der Waals surface area contributed by atoms with Crippen molar-refractivity contribution in [3.05, 3.63) is 68.4 Å². The van der Waals surface area contributed by atoms with Crippen molar-refractivity contribution in [1.82, 2.24) is 0 Å². The molecule has 0 unspecified atom stereocenters. The third-order valence-corrected chi connectivity index (χ3v) is 6.72. The minimum atomic E-state index is -0.364. The van der Waals surface area contributed by atoms with Crippen molar-refractivity contribution in [1.29, 1.82) is 5.41 Å². The maximum absolute atomic E-state index is 12.9. The minimum Gasteiger partial charge on any atom is -0.462 e. The van der Waals surface area contributed by atoms with Crippen LogP contribution in [-0.2, 0) is 4.74 Å². The fourth-order valence-corrected chi connectivity index (χ4v) is 4.38. The van der Waals surface area contributed by atoms with Gasteiger partial charge in [0, 0.05) is 22.2 Å². The monoisotopic (exact) mass is 542 g/mol. The molecule has 1 heterocycles. The van der Waals surface area contributed by atoms with Gasteiger partial charge in [0.1, 0.15) is 0 Å². The van der Waals surface area contributed by atoms with Gasteiger partial charge in [0.05, 0.1) is 26.5 Å². The zero-order chi connectivity index (χ0) is 22.1. The molecular weight excluding hydrogens is 524 g/mol. The van der Waals surface area contributed by atoms with Crippen molar-refractivity contribution >= 4 is 54.5 Å². The van der Waals surface area contributed by atoms with Gasteiger partial charge in [0.25, 0.3) is 0 Å². The average molecular weight is 544 g/mol. The number of rotatable bonds is 5. The number of carbonyl (C=O) groups excluding carboxylic acids is 1. The molecule has 1 aliphatic heterocycles. The summed E-state index contributed by atoms with van der Waals surface area (Å²) in [6.45, 7) is 2.43. The van der Waals surface area contributed by atoms with E-state index in [4.69, 9.17) is 20.3 Å². The lowest BCUT2D eigenvalue weighted by molar-refractivity contribution is 0.0500. The van der Waals surface area contributed by atoms with Gasteiger partial charge in [-0.3, -0.25) is 5.41 Å². The van der Waals surface area contributed by atoms with E-state index in [9.17, 15) is 4.79 Å². The van der Waals surface area contributed by atoms with Gasteiger partial charge in [-0.05, 0) is 74.2 Å². The Morgan fingerprint density at radius 1 is 1.06 bits per heavy atom. The van der Waals surface area contributed by atoms with Crippen LogP contribution in [-0.4, -0.2) is 12.6 Å². The molecule has 0 bridgehead atoms. The normalized spacial score (nSPS) is 11.2. The highest BCUT2D eigenvalue weighted by Crippen LogP contribution is 2.45. The third-order valence-electron chi connectivity index (χ3n) is 5.11. The Morgan fingerprint density at radius 2 is 1.84 bits per heavy atom. The van der Waals surface area contributed by atoms with E-state index < -0.39 is 0 Å². The van der Waals surface area contributed by atoms with Crippen LogP contribution in [0.25, 0.3) is 33.4 Å². The van der Waals surface area contributed by atoms with Crippen molar-refractivity contribution < 1.29 is 13.9 Å². The summed E-state index contributed by atoms with van der Waals surface area (Å²) in [6, 6.07) is 14.6. The standard InChI is InChI=1S/C24H20Br2N2O3/c1-2-3-12-30-24(29)14-7-5-4-6-13(14)19-15-8-10-17(27)20(25)22(15)31-23-16(19)9-11-18(28)21(23)26/h4-11,27H,2-3,12,28H2,1H3. The van der Waals surface area contributed by atoms with Gasteiger partial charge in [0.2, 0.25) is 0 Å². The Labute approximate surface area is 196 Å². The molecule has 0 spiro atoms. The molecule has 0 saturated heterocycles. The number of benzene rings is 3. The second-order valence-electron chi connectivity index (χ2n) is 7.16. The van der Waals surface area contributed by atoms with Crippen molar-refractivity contribution in [3.63, 3.8) is 0 Å². The molecule has 158 valence electrons. The number of nitrogens with two attached hydrogens (primary N) is 1. The molecule has 2 aliphatic rings. The van der Waals surface area contributed by atoms with E-state index in [1.807, 2.05) is 30.3 Å². The first kappa shape index (κ1) is 21.6. The SMILES string of the molecule is CCCCOC(=O)c1ccccc1-c1c2ccc(=N)c(Br)c-2oc2c(Br)c(N)ccc12. The third kappa shape index (κ3) is 3.88. The van der Waals surface area contributed by atoms with Crippen LogP contribution in [0.5, 0.6) is 0 Å². The largest absolute Gasteiger partial charge is 0.462 e. The van der Waals surface area contributed by atoms with Crippen molar-refractivity contribution in [2.75, 3.05) is 12.3 Å². The number of hydrogen-bond donors (Lipinski definition) is 2. The Morgan fingerprint density at radius 3 is 2.61 bits per heavy atom. The van der Waals surface area contributed by atoms with Crippen LogP contribution in [0, 0.1) is 5.41 Å². The van der Waals surface area contributed by atoms with E-state index in [2.05, 4.69) is 38.8 Å². The van der Waals surface area contributed by atoms with E-state index in [-0.39, 0.29) is 5.97 Å². The Kier molecular flexibility index (Phi) is 6.16. The number of fused-ring (bicyclic) bond motifs is 2. The smallest absolute Gasteiger partial charge is 0.338 e. The molecule has 0 atom stereocenters. The fourth-order valence-electron chi connectivity index (χ4n) is 3.52. The molecular formula is C24H20Br2N2O3. The highest BCUT2D eigenvalue weighted by molar-refractivity contribution is 9.11. The van der Waals surface area contributed by atoms with Gasteiger partial charge in [0.15, 0.2) is 11.3 Å². The first-order chi connectivity index (χ1) is 14.9. The quantitative estimate of drug-likeness (QED) is 0.126. The van der Waals surface area contributed by atoms with E-state index in [0.29, 0.717) is 43.5 Å². The maximum Gasteiger partial charge on any atom is 0.338 e. The van der Waals surface area contributed by atoms with Crippen molar-refractivity contribution in [3.8, 4) is 22.5 Å². The molecule has 0 radical (unpaired) electrons. The molecule has 0 aromatic heterocycles. The lowest BCUT2D eigenvalue weighted by Crippen LogP contribution is -2.09. The molecule has 0 fully saturated rings. The molecule has 3 N–H and O–H groups in total. The topological polar surface area (TPSA) is 89.3 Å². The fraction of sp³-hybridized carbons (Fsp3) is 0.167. The Bertz CT molecular complexity index is 1330. The number of hydrogen-bond acceptors (Lipinski definition) is 5. The van der Waals surface area contributed by atoms with E-state index in [1.165, 1.54) is 0 Å². The lowest BCUT2D eigenvalue weighted by atomic mass is 9.90. The van der Waals surface area contributed by atoms with Gasteiger partial charge in [-0.2, -0.15) is 0 Å². The number of anilines is 1. The van der Waals surface area contributed by atoms with Crippen LogP contribution in [0.2, 0.25) is 0 Å². The summed E-state index contributed by atoms with van der Waals surface area (Å²) in [5, 5.41) is 9.27. The molecule has 0 amide bonds. The maximum atomic E-state index is 12.9. The van der Waals surface area contributed by atoms with Gasteiger partial charge >= 0.3 is 5.97 Å². The highest BCUT2D eigenvalue weighted by atomic mass is 79.9. The number of carbonyl (C=O) groups is 1. The summed E-state index contributed by atoms with van der Waals surface area (Å²) in [5.41, 5.74) is 9.99. The van der Waals surface area contributed by atoms with Crippen molar-refractivity contribution in [2.24, 2.45) is 0 Å². The molecule has 2 aromatic rings. The summed E-state index contributed by atoms with van der Waals surface area (Å²) < 4.78 is 12.9. The molecule has 0 saturated carbocycles. The number of nitrogen functional groups attached to an aromatic ring is 1. The minimum absolute atomic E-state index is 0.300. The van der Waals surface area contributed by atoms with E-state index in [0.717, 1.165) is 34.9 Å². The number of nitrogens with one attached hydrogen (secondary N) is 1. The van der Waals surface area contributed by atoms with E-state index in [1.54, 1.807) is 18.2 Å². The molecule has 2 aromatic carbocycles. The zero-order valence-corrected chi connectivity index (χ0v) is 20.0.